The standard InChI is InChI=1S/C9H17N3O2/c1-4-13-7-9(3)14-8(2)5-6-11-12-10/h4,8-9H,1,5-7H2,2-3H3. The SMILES string of the molecule is C=COCC(C)OC(C)CCN=[N+]=[N-]. The van der Waals surface area contributed by atoms with E-state index in [1.165, 1.54) is 6.26 Å². The predicted molar refractivity (Wildman–Crippen MR) is 54.8 cm³/mol. The Kier molecular flexibility index (Phi) is 7.70. The first-order chi connectivity index (χ1) is 6.70. The number of ether oxygens (including phenoxy) is 2. The van der Waals surface area contributed by atoms with Gasteiger partial charge in [-0.1, -0.05) is 11.7 Å². The van der Waals surface area contributed by atoms with Crippen LogP contribution in [0.4, 0.5) is 0 Å². The van der Waals surface area contributed by atoms with E-state index in [2.05, 4.69) is 16.6 Å². The van der Waals surface area contributed by atoms with Gasteiger partial charge >= 0.3 is 0 Å². The van der Waals surface area contributed by atoms with Crippen molar-refractivity contribution >= 4 is 0 Å². The molecule has 0 heterocycles. The third-order valence-electron chi connectivity index (χ3n) is 1.61. The third kappa shape index (κ3) is 7.46. The van der Waals surface area contributed by atoms with Gasteiger partial charge in [0.05, 0.1) is 18.5 Å². The van der Waals surface area contributed by atoms with Crippen LogP contribution in [0.5, 0.6) is 0 Å². The molecule has 14 heavy (non-hydrogen) atoms. The Hall–Kier alpha value is -1.19. The lowest BCUT2D eigenvalue weighted by Gasteiger charge is -2.17. The smallest absolute Gasteiger partial charge is 0.113 e. The first-order valence-electron chi connectivity index (χ1n) is 4.59. The van der Waals surface area contributed by atoms with Crippen LogP contribution in [0, 0.1) is 0 Å². The van der Waals surface area contributed by atoms with E-state index in [-0.39, 0.29) is 12.2 Å². The van der Waals surface area contributed by atoms with Crippen molar-refractivity contribution in [3.05, 3.63) is 23.3 Å². The van der Waals surface area contributed by atoms with Crippen molar-refractivity contribution in [1.82, 2.24) is 0 Å². The molecule has 2 atom stereocenters. The molecule has 2 unspecified atom stereocenters. The molecule has 0 N–H and O–H groups in total. The lowest BCUT2D eigenvalue weighted by Crippen LogP contribution is -2.21. The largest absolute Gasteiger partial charge is 0.499 e. The molecule has 0 aromatic rings. The number of hydrogen-bond acceptors (Lipinski definition) is 3. The molecule has 0 saturated carbocycles. The summed E-state index contributed by atoms with van der Waals surface area (Å²) in [5, 5.41) is 3.43. The van der Waals surface area contributed by atoms with Gasteiger partial charge in [-0.05, 0) is 25.8 Å². The molecule has 0 bridgehead atoms. The van der Waals surface area contributed by atoms with E-state index in [0.717, 1.165) is 6.42 Å². The van der Waals surface area contributed by atoms with Crippen LogP contribution in [0.15, 0.2) is 18.0 Å². The first-order valence-corrected chi connectivity index (χ1v) is 4.59. The molecule has 80 valence electrons. The number of azide groups is 1. The topological polar surface area (TPSA) is 67.2 Å². The van der Waals surface area contributed by atoms with Crippen molar-refractivity contribution in [2.45, 2.75) is 32.5 Å². The van der Waals surface area contributed by atoms with Crippen molar-refractivity contribution in [3.63, 3.8) is 0 Å². The summed E-state index contributed by atoms with van der Waals surface area (Å²) in [6.07, 6.45) is 2.21. The summed E-state index contributed by atoms with van der Waals surface area (Å²) in [7, 11) is 0. The Morgan fingerprint density at radius 3 is 2.79 bits per heavy atom. The Labute approximate surface area is 84.3 Å². The van der Waals surface area contributed by atoms with Crippen LogP contribution in [0.25, 0.3) is 10.4 Å². The summed E-state index contributed by atoms with van der Waals surface area (Å²) in [6, 6.07) is 0. The minimum atomic E-state index is 0.0223. The zero-order valence-electron chi connectivity index (χ0n) is 8.72. The Bertz CT molecular complexity index is 202. The second kappa shape index (κ2) is 8.41. The molecule has 5 nitrogen and oxygen atoms in total. The molecule has 0 rings (SSSR count). The van der Waals surface area contributed by atoms with Crippen molar-refractivity contribution < 1.29 is 9.47 Å². The molecule has 0 aromatic heterocycles. The second-order valence-corrected chi connectivity index (χ2v) is 3.00. The highest BCUT2D eigenvalue weighted by molar-refractivity contribution is 4.59. The molecule has 0 radical (unpaired) electrons. The zero-order chi connectivity index (χ0) is 10.8. The lowest BCUT2D eigenvalue weighted by molar-refractivity contribution is -0.0256. The van der Waals surface area contributed by atoms with Crippen molar-refractivity contribution in [2.75, 3.05) is 13.2 Å². The lowest BCUT2D eigenvalue weighted by atomic mass is 10.3. The summed E-state index contributed by atoms with van der Waals surface area (Å²) in [4.78, 5) is 2.67. The van der Waals surface area contributed by atoms with Crippen LogP contribution in [-0.4, -0.2) is 25.4 Å². The van der Waals surface area contributed by atoms with E-state index < -0.39 is 0 Å². The van der Waals surface area contributed by atoms with E-state index in [4.69, 9.17) is 15.0 Å². The van der Waals surface area contributed by atoms with Gasteiger partial charge in [-0.2, -0.15) is 0 Å². The molecule has 0 amide bonds. The summed E-state index contributed by atoms with van der Waals surface area (Å²) >= 11 is 0. The van der Waals surface area contributed by atoms with Crippen molar-refractivity contribution in [2.24, 2.45) is 5.11 Å². The quantitative estimate of drug-likeness (QED) is 0.261. The first kappa shape index (κ1) is 12.8. The van der Waals surface area contributed by atoms with E-state index in [9.17, 15) is 0 Å². The van der Waals surface area contributed by atoms with Crippen LogP contribution in [-0.2, 0) is 9.47 Å². The highest BCUT2D eigenvalue weighted by Gasteiger charge is 2.07. The van der Waals surface area contributed by atoms with Gasteiger partial charge in [0.15, 0.2) is 0 Å². The molecule has 0 aliphatic carbocycles. The molecule has 0 aliphatic heterocycles. The Balaban J connectivity index is 3.53. The molecule has 0 saturated heterocycles. The van der Waals surface area contributed by atoms with E-state index >= 15 is 0 Å². The maximum absolute atomic E-state index is 8.06. The van der Waals surface area contributed by atoms with Crippen LogP contribution in [0.1, 0.15) is 20.3 Å². The minimum absolute atomic E-state index is 0.0223. The molecule has 5 heteroatoms. The van der Waals surface area contributed by atoms with Gasteiger partial charge in [0.25, 0.3) is 0 Å². The fraction of sp³-hybridized carbons (Fsp3) is 0.778. The fourth-order valence-electron chi connectivity index (χ4n) is 0.992. The molecule has 0 aliphatic rings. The Morgan fingerprint density at radius 1 is 1.50 bits per heavy atom. The van der Waals surface area contributed by atoms with Crippen LogP contribution in [0.3, 0.4) is 0 Å². The van der Waals surface area contributed by atoms with Gasteiger partial charge in [0, 0.05) is 11.5 Å². The van der Waals surface area contributed by atoms with Crippen molar-refractivity contribution in [1.29, 1.82) is 0 Å². The van der Waals surface area contributed by atoms with Gasteiger partial charge in [-0.25, -0.2) is 0 Å². The molecule has 0 aromatic carbocycles. The van der Waals surface area contributed by atoms with Gasteiger partial charge in [-0.15, -0.1) is 0 Å². The predicted octanol–water partition coefficient (Wildman–Crippen LogP) is 2.64. The average molecular weight is 199 g/mol. The maximum Gasteiger partial charge on any atom is 0.113 e. The van der Waals surface area contributed by atoms with Gasteiger partial charge in [0.2, 0.25) is 0 Å². The highest BCUT2D eigenvalue weighted by Crippen LogP contribution is 2.03. The number of hydrogen-bond donors (Lipinski definition) is 0. The van der Waals surface area contributed by atoms with E-state index in [0.29, 0.717) is 13.2 Å². The summed E-state index contributed by atoms with van der Waals surface area (Å²) < 4.78 is 10.5. The van der Waals surface area contributed by atoms with Crippen LogP contribution >= 0.6 is 0 Å². The van der Waals surface area contributed by atoms with Gasteiger partial charge in [-0.3, -0.25) is 0 Å². The summed E-state index contributed by atoms with van der Waals surface area (Å²) in [5.74, 6) is 0. The monoisotopic (exact) mass is 199 g/mol. The van der Waals surface area contributed by atoms with Crippen LogP contribution < -0.4 is 0 Å². The maximum atomic E-state index is 8.06. The van der Waals surface area contributed by atoms with E-state index in [1.807, 2.05) is 13.8 Å². The fourth-order valence-corrected chi connectivity index (χ4v) is 0.992. The molecule has 0 spiro atoms. The van der Waals surface area contributed by atoms with Crippen molar-refractivity contribution in [3.8, 4) is 0 Å². The Morgan fingerprint density at radius 2 is 2.21 bits per heavy atom. The average Bonchev–Trinajstić information content (AvgIpc) is 2.15. The minimum Gasteiger partial charge on any atom is -0.499 e. The molecular weight excluding hydrogens is 182 g/mol. The second-order valence-electron chi connectivity index (χ2n) is 3.00. The zero-order valence-corrected chi connectivity index (χ0v) is 8.72. The molecular formula is C9H17N3O2. The summed E-state index contributed by atoms with van der Waals surface area (Å²) in [6.45, 7) is 8.27. The third-order valence-corrected chi connectivity index (χ3v) is 1.61. The van der Waals surface area contributed by atoms with Gasteiger partial charge in [0.1, 0.15) is 6.61 Å². The highest BCUT2D eigenvalue weighted by atomic mass is 16.5. The normalized spacial score (nSPS) is 13.9. The summed E-state index contributed by atoms with van der Waals surface area (Å²) in [5.41, 5.74) is 8.06. The molecule has 0 fully saturated rings. The van der Waals surface area contributed by atoms with Crippen LogP contribution in [0.2, 0.25) is 0 Å². The van der Waals surface area contributed by atoms with Gasteiger partial charge < -0.3 is 9.47 Å². The number of rotatable bonds is 8. The number of nitrogens with zero attached hydrogens (tertiary/aromatic N) is 3. The van der Waals surface area contributed by atoms with E-state index in [1.54, 1.807) is 0 Å².